The molecule has 0 spiro atoms. The van der Waals surface area contributed by atoms with Crippen molar-refractivity contribution in [3.05, 3.63) is 35.4 Å². The molecular weight excluding hydrogens is 265 g/mol. The van der Waals surface area contributed by atoms with Gasteiger partial charge in [-0.25, -0.2) is 0 Å². The van der Waals surface area contributed by atoms with Gasteiger partial charge < -0.3 is 5.11 Å². The fourth-order valence-corrected chi connectivity index (χ4v) is 2.91. The minimum atomic E-state index is -4.47. The molecule has 5 heteroatoms. The lowest BCUT2D eigenvalue weighted by Crippen LogP contribution is -2.40. The number of halogens is 4. The lowest BCUT2D eigenvalue weighted by molar-refractivity contribution is -0.141. The van der Waals surface area contributed by atoms with E-state index in [1.807, 2.05) is 0 Å². The number of hydrogen-bond donors (Lipinski definition) is 1. The highest BCUT2D eigenvalue weighted by Gasteiger charge is 2.45. The van der Waals surface area contributed by atoms with Gasteiger partial charge in [0.05, 0.1) is 10.9 Å². The van der Waals surface area contributed by atoms with E-state index < -0.39 is 22.7 Å². The second-order valence-electron chi connectivity index (χ2n) is 4.68. The number of rotatable bonds is 1. The summed E-state index contributed by atoms with van der Waals surface area (Å²) in [5.74, 6) is 0. The molecule has 1 saturated carbocycles. The fraction of sp³-hybridized carbons (Fsp3) is 0.538. The van der Waals surface area contributed by atoms with Crippen molar-refractivity contribution in [2.45, 2.75) is 42.8 Å². The Kier molecular flexibility index (Phi) is 3.60. The second kappa shape index (κ2) is 4.74. The molecule has 0 aromatic heterocycles. The first-order valence-corrected chi connectivity index (χ1v) is 6.32. The maximum atomic E-state index is 12.9. The third kappa shape index (κ3) is 2.36. The van der Waals surface area contributed by atoms with Gasteiger partial charge >= 0.3 is 6.18 Å². The van der Waals surface area contributed by atoms with Gasteiger partial charge in [0.2, 0.25) is 0 Å². The first-order valence-electron chi connectivity index (χ1n) is 5.89. The Balaban J connectivity index is 2.50. The quantitative estimate of drug-likeness (QED) is 0.768. The van der Waals surface area contributed by atoms with Crippen LogP contribution in [0.5, 0.6) is 0 Å². The Hall–Kier alpha value is -0.740. The normalized spacial score (nSPS) is 29.3. The van der Waals surface area contributed by atoms with Gasteiger partial charge in [0.15, 0.2) is 0 Å². The van der Waals surface area contributed by atoms with Crippen molar-refractivity contribution in [1.82, 2.24) is 0 Å². The molecule has 1 N–H and O–H groups in total. The Morgan fingerprint density at radius 3 is 2.50 bits per heavy atom. The monoisotopic (exact) mass is 278 g/mol. The van der Waals surface area contributed by atoms with Crippen LogP contribution in [0, 0.1) is 0 Å². The van der Waals surface area contributed by atoms with Gasteiger partial charge in [0.25, 0.3) is 0 Å². The van der Waals surface area contributed by atoms with Crippen LogP contribution in [0.2, 0.25) is 0 Å². The zero-order chi connectivity index (χ0) is 13.4. The lowest BCUT2D eigenvalue weighted by atomic mass is 9.77. The molecule has 0 heterocycles. The van der Waals surface area contributed by atoms with Gasteiger partial charge in [-0.2, -0.15) is 13.2 Å². The molecule has 100 valence electrons. The number of aliphatic hydroxyl groups is 1. The van der Waals surface area contributed by atoms with Crippen LogP contribution < -0.4 is 0 Å². The first kappa shape index (κ1) is 13.7. The number of hydrogen-bond acceptors (Lipinski definition) is 1. The highest BCUT2D eigenvalue weighted by Crippen LogP contribution is 2.45. The molecule has 1 nitrogen and oxygen atoms in total. The van der Waals surface area contributed by atoms with E-state index in [2.05, 4.69) is 0 Å². The highest BCUT2D eigenvalue weighted by atomic mass is 35.5. The second-order valence-corrected chi connectivity index (χ2v) is 5.21. The SMILES string of the molecule is O[C@]1(c2ccccc2C(F)(F)F)CCCC[C@@H]1Cl. The van der Waals surface area contributed by atoms with Crippen LogP contribution in [0.3, 0.4) is 0 Å². The molecule has 1 aliphatic rings. The minimum Gasteiger partial charge on any atom is -0.384 e. The molecule has 1 fully saturated rings. The summed E-state index contributed by atoms with van der Waals surface area (Å²) in [4.78, 5) is 0. The number of alkyl halides is 4. The average molecular weight is 279 g/mol. The summed E-state index contributed by atoms with van der Waals surface area (Å²) < 4.78 is 38.8. The predicted octanol–water partition coefficient (Wildman–Crippen LogP) is 4.07. The molecule has 2 atom stereocenters. The Morgan fingerprint density at radius 2 is 1.89 bits per heavy atom. The maximum absolute atomic E-state index is 12.9. The molecule has 0 saturated heterocycles. The van der Waals surface area contributed by atoms with Crippen molar-refractivity contribution in [2.75, 3.05) is 0 Å². The van der Waals surface area contributed by atoms with E-state index in [0.29, 0.717) is 12.8 Å². The van der Waals surface area contributed by atoms with Crippen LogP contribution >= 0.6 is 11.6 Å². The molecule has 0 aliphatic heterocycles. The molecule has 0 radical (unpaired) electrons. The Bertz CT molecular complexity index is 432. The lowest BCUT2D eigenvalue weighted by Gasteiger charge is -2.38. The van der Waals surface area contributed by atoms with E-state index >= 15 is 0 Å². The van der Waals surface area contributed by atoms with E-state index in [0.717, 1.165) is 12.5 Å². The van der Waals surface area contributed by atoms with Crippen molar-refractivity contribution in [1.29, 1.82) is 0 Å². The highest BCUT2D eigenvalue weighted by molar-refractivity contribution is 6.21. The summed E-state index contributed by atoms with van der Waals surface area (Å²) in [6, 6.07) is 5.14. The molecule has 2 rings (SSSR count). The van der Waals surface area contributed by atoms with Crippen molar-refractivity contribution >= 4 is 11.6 Å². The van der Waals surface area contributed by atoms with Gasteiger partial charge in [-0.1, -0.05) is 31.0 Å². The summed E-state index contributed by atoms with van der Waals surface area (Å²) in [6.45, 7) is 0. The Labute approximate surface area is 109 Å². The van der Waals surface area contributed by atoms with E-state index in [4.69, 9.17) is 11.6 Å². The van der Waals surface area contributed by atoms with Crippen LogP contribution in [0.1, 0.15) is 36.8 Å². The molecular formula is C13H14ClF3O. The molecule has 1 aromatic carbocycles. The summed E-state index contributed by atoms with van der Waals surface area (Å²) in [6.07, 6.45) is -2.14. The Morgan fingerprint density at radius 1 is 1.22 bits per heavy atom. The van der Waals surface area contributed by atoms with Crippen LogP contribution in [-0.2, 0) is 11.8 Å². The molecule has 0 bridgehead atoms. The fourth-order valence-electron chi connectivity index (χ4n) is 2.52. The van der Waals surface area contributed by atoms with Gasteiger partial charge in [-0.3, -0.25) is 0 Å². The molecule has 1 aromatic rings. The van der Waals surface area contributed by atoms with E-state index in [1.165, 1.54) is 18.2 Å². The largest absolute Gasteiger partial charge is 0.416 e. The van der Waals surface area contributed by atoms with Crippen molar-refractivity contribution < 1.29 is 18.3 Å². The molecule has 0 unspecified atom stereocenters. The molecule has 0 amide bonds. The van der Waals surface area contributed by atoms with Crippen molar-refractivity contribution in [3.63, 3.8) is 0 Å². The van der Waals surface area contributed by atoms with Crippen LogP contribution in [0.25, 0.3) is 0 Å². The van der Waals surface area contributed by atoms with Gasteiger partial charge in [-0.15, -0.1) is 11.6 Å². The predicted molar refractivity (Wildman–Crippen MR) is 63.4 cm³/mol. The maximum Gasteiger partial charge on any atom is 0.416 e. The van der Waals surface area contributed by atoms with E-state index in [9.17, 15) is 18.3 Å². The van der Waals surface area contributed by atoms with Crippen molar-refractivity contribution in [2.24, 2.45) is 0 Å². The summed E-state index contributed by atoms with van der Waals surface area (Å²) in [5.41, 5.74) is -2.47. The first-order chi connectivity index (χ1) is 8.36. The summed E-state index contributed by atoms with van der Waals surface area (Å²) in [5, 5.41) is 9.85. The molecule has 18 heavy (non-hydrogen) atoms. The average Bonchev–Trinajstić information content (AvgIpc) is 2.32. The van der Waals surface area contributed by atoms with Crippen LogP contribution in [-0.4, -0.2) is 10.5 Å². The summed E-state index contributed by atoms with van der Waals surface area (Å²) in [7, 11) is 0. The topological polar surface area (TPSA) is 20.2 Å². The van der Waals surface area contributed by atoms with Gasteiger partial charge in [-0.05, 0) is 24.5 Å². The number of benzene rings is 1. The van der Waals surface area contributed by atoms with Gasteiger partial charge in [0, 0.05) is 0 Å². The van der Waals surface area contributed by atoms with Crippen molar-refractivity contribution in [3.8, 4) is 0 Å². The van der Waals surface area contributed by atoms with Gasteiger partial charge in [0.1, 0.15) is 5.60 Å². The standard InChI is InChI=1S/C13H14ClF3O/c14-11-7-3-4-8-12(11,18)9-5-1-2-6-10(9)13(15,16)17/h1-2,5-6,11,18H,3-4,7-8H2/t11-,12-/m0/s1. The zero-order valence-corrected chi connectivity index (χ0v) is 10.4. The third-order valence-corrected chi connectivity index (χ3v) is 4.06. The minimum absolute atomic E-state index is 0.0998. The van der Waals surface area contributed by atoms with Crippen LogP contribution in [0.15, 0.2) is 24.3 Å². The smallest absolute Gasteiger partial charge is 0.384 e. The van der Waals surface area contributed by atoms with E-state index in [1.54, 1.807) is 0 Å². The van der Waals surface area contributed by atoms with Crippen LogP contribution in [0.4, 0.5) is 13.2 Å². The zero-order valence-electron chi connectivity index (χ0n) is 9.67. The third-order valence-electron chi connectivity index (χ3n) is 3.48. The molecule has 1 aliphatic carbocycles. The van der Waals surface area contributed by atoms with E-state index in [-0.39, 0.29) is 12.0 Å². The summed E-state index contributed by atoms with van der Waals surface area (Å²) >= 11 is 6.06.